The van der Waals surface area contributed by atoms with Gasteiger partial charge in [0.05, 0.1) is 36.1 Å². The molecule has 2 heterocycles. The summed E-state index contributed by atoms with van der Waals surface area (Å²) in [4.78, 5) is 42.1. The Morgan fingerprint density at radius 3 is 2.51 bits per heavy atom. The summed E-state index contributed by atoms with van der Waals surface area (Å²) < 4.78 is 17.2. The van der Waals surface area contributed by atoms with Gasteiger partial charge >= 0.3 is 0 Å². The third-order valence-electron chi connectivity index (χ3n) is 6.51. The predicted octanol–water partition coefficient (Wildman–Crippen LogP) is 5.18. The molecule has 10 heteroatoms. The molecule has 0 unspecified atom stereocenters. The Bertz CT molecular complexity index is 1440. The van der Waals surface area contributed by atoms with E-state index in [1.54, 1.807) is 30.3 Å². The van der Waals surface area contributed by atoms with Crippen molar-refractivity contribution in [2.75, 3.05) is 49.7 Å². The van der Waals surface area contributed by atoms with Gasteiger partial charge in [-0.3, -0.25) is 19.3 Å². The molecule has 1 N–H and O–H groups in total. The zero-order valence-corrected chi connectivity index (χ0v) is 23.5. The molecule has 0 atom stereocenters. The summed E-state index contributed by atoms with van der Waals surface area (Å²) >= 11 is 0.806. The number of anilines is 2. The number of rotatable bonds is 10. The summed E-state index contributed by atoms with van der Waals surface area (Å²) in [5.74, 6) is 0.150. The lowest BCUT2D eigenvalue weighted by molar-refractivity contribution is -0.127. The van der Waals surface area contributed by atoms with E-state index in [1.165, 1.54) is 0 Å². The zero-order valence-electron chi connectivity index (χ0n) is 22.7. The Morgan fingerprint density at radius 2 is 1.73 bits per heavy atom. The summed E-state index contributed by atoms with van der Waals surface area (Å²) in [6, 6.07) is 22.6. The van der Waals surface area contributed by atoms with Crippen molar-refractivity contribution in [2.45, 2.75) is 13.5 Å². The van der Waals surface area contributed by atoms with Crippen LogP contribution in [0.1, 0.15) is 18.1 Å². The van der Waals surface area contributed by atoms with E-state index >= 15 is 0 Å². The van der Waals surface area contributed by atoms with Crippen LogP contribution in [0, 0.1) is 0 Å². The van der Waals surface area contributed by atoms with Crippen molar-refractivity contribution in [1.29, 1.82) is 0 Å². The maximum absolute atomic E-state index is 13.1. The second-order valence-electron chi connectivity index (χ2n) is 9.35. The number of amides is 3. The Balaban J connectivity index is 1.25. The van der Waals surface area contributed by atoms with Gasteiger partial charge in [0.15, 0.2) is 11.5 Å². The maximum atomic E-state index is 13.1. The monoisotopic (exact) mass is 573 g/mol. The van der Waals surface area contributed by atoms with Crippen LogP contribution < -0.4 is 19.7 Å². The quantitative estimate of drug-likeness (QED) is 0.332. The Morgan fingerprint density at radius 1 is 0.976 bits per heavy atom. The number of hydrogen-bond acceptors (Lipinski definition) is 8. The molecule has 2 fully saturated rings. The fourth-order valence-electron chi connectivity index (χ4n) is 4.52. The van der Waals surface area contributed by atoms with Gasteiger partial charge in [0.25, 0.3) is 11.1 Å². The molecule has 3 amide bonds. The summed E-state index contributed by atoms with van der Waals surface area (Å²) in [6.45, 7) is 4.97. The Hall–Kier alpha value is -4.28. The number of benzene rings is 3. The molecule has 0 aliphatic carbocycles. The Labute approximate surface area is 243 Å². The fourth-order valence-corrected chi connectivity index (χ4v) is 5.36. The molecule has 9 nitrogen and oxygen atoms in total. The maximum Gasteiger partial charge on any atom is 0.294 e. The predicted molar refractivity (Wildman–Crippen MR) is 159 cm³/mol. The topological polar surface area (TPSA) is 97.4 Å². The molecule has 0 saturated carbocycles. The minimum Gasteiger partial charge on any atom is -0.490 e. The van der Waals surface area contributed by atoms with Gasteiger partial charge in [-0.15, -0.1) is 0 Å². The number of thioether (sulfide) groups is 1. The molecule has 5 rings (SSSR count). The highest BCUT2D eigenvalue weighted by Crippen LogP contribution is 2.35. The van der Waals surface area contributed by atoms with Gasteiger partial charge < -0.3 is 24.4 Å². The lowest BCUT2D eigenvalue weighted by Gasteiger charge is -2.30. The first kappa shape index (κ1) is 28.3. The third kappa shape index (κ3) is 7.08. The number of carbonyl (C=O) groups excluding carboxylic acids is 3. The molecule has 2 saturated heterocycles. The highest BCUT2D eigenvalue weighted by atomic mass is 32.2. The average Bonchev–Trinajstić information content (AvgIpc) is 3.25. The van der Waals surface area contributed by atoms with E-state index in [0.29, 0.717) is 62.3 Å². The normalized spacial score (nSPS) is 16.3. The van der Waals surface area contributed by atoms with Gasteiger partial charge in [-0.2, -0.15) is 0 Å². The molecular weight excluding hydrogens is 542 g/mol. The van der Waals surface area contributed by atoms with E-state index in [4.69, 9.17) is 14.2 Å². The molecule has 212 valence electrons. The highest BCUT2D eigenvalue weighted by molar-refractivity contribution is 8.18. The van der Waals surface area contributed by atoms with Gasteiger partial charge in [-0.25, -0.2) is 0 Å². The van der Waals surface area contributed by atoms with Crippen molar-refractivity contribution < 1.29 is 28.6 Å². The molecule has 0 radical (unpaired) electrons. The molecule has 3 aromatic rings. The number of imide groups is 1. The SMILES string of the molecule is CCOc1cc(/C=C2/SC(=O)N(CC(=O)Nc3ccccc3N3CCOCC3)C2=O)ccc1OCc1ccccc1. The average molecular weight is 574 g/mol. The summed E-state index contributed by atoms with van der Waals surface area (Å²) in [6.07, 6.45) is 1.63. The van der Waals surface area contributed by atoms with Crippen molar-refractivity contribution in [1.82, 2.24) is 4.90 Å². The van der Waals surface area contributed by atoms with Crippen LogP contribution in [-0.4, -0.2) is 61.4 Å². The number of hydrogen-bond donors (Lipinski definition) is 1. The van der Waals surface area contributed by atoms with Crippen LogP contribution in [0.25, 0.3) is 6.08 Å². The molecule has 0 bridgehead atoms. The van der Waals surface area contributed by atoms with Crippen molar-refractivity contribution >= 4 is 46.3 Å². The van der Waals surface area contributed by atoms with Crippen LogP contribution in [0.2, 0.25) is 0 Å². The molecule has 0 spiro atoms. The van der Waals surface area contributed by atoms with Gasteiger partial charge in [-0.05, 0) is 60.2 Å². The second kappa shape index (κ2) is 13.4. The molecule has 41 heavy (non-hydrogen) atoms. The number of ether oxygens (including phenoxy) is 3. The van der Waals surface area contributed by atoms with E-state index in [2.05, 4.69) is 10.2 Å². The first-order chi connectivity index (χ1) is 20.0. The van der Waals surface area contributed by atoms with Gasteiger partial charge in [0.1, 0.15) is 13.2 Å². The summed E-state index contributed by atoms with van der Waals surface area (Å²) in [5.41, 5.74) is 3.20. The van der Waals surface area contributed by atoms with E-state index in [0.717, 1.165) is 27.9 Å². The van der Waals surface area contributed by atoms with Crippen LogP contribution in [0.5, 0.6) is 11.5 Å². The smallest absolute Gasteiger partial charge is 0.294 e. The summed E-state index contributed by atoms with van der Waals surface area (Å²) in [7, 11) is 0. The van der Waals surface area contributed by atoms with Crippen molar-refractivity contribution in [3.8, 4) is 11.5 Å². The fraction of sp³-hybridized carbons (Fsp3) is 0.258. The van der Waals surface area contributed by atoms with Gasteiger partial charge in [0.2, 0.25) is 5.91 Å². The number of para-hydroxylation sites is 2. The standard InChI is InChI=1S/C31H31N3O6S/c1-2-39-27-18-23(12-13-26(27)40-21-22-8-4-3-5-9-22)19-28-30(36)34(31(37)41-28)20-29(35)32-24-10-6-7-11-25(24)33-14-16-38-17-15-33/h3-13,18-19H,2,14-17,20-21H2,1H3,(H,32,35)/b28-19+. The highest BCUT2D eigenvalue weighted by Gasteiger charge is 2.36. The first-order valence-electron chi connectivity index (χ1n) is 13.4. The number of nitrogens with zero attached hydrogens (tertiary/aromatic N) is 2. The largest absolute Gasteiger partial charge is 0.490 e. The molecular formula is C31H31N3O6S. The van der Waals surface area contributed by atoms with Gasteiger partial charge in [0, 0.05) is 13.1 Å². The number of nitrogens with one attached hydrogen (secondary N) is 1. The van der Waals surface area contributed by atoms with Crippen LogP contribution in [-0.2, 0) is 20.9 Å². The summed E-state index contributed by atoms with van der Waals surface area (Å²) in [5, 5.41) is 2.37. The van der Waals surface area contributed by atoms with E-state index < -0.39 is 17.1 Å². The molecule has 0 aromatic heterocycles. The van der Waals surface area contributed by atoms with E-state index in [9.17, 15) is 14.4 Å². The van der Waals surface area contributed by atoms with Crippen LogP contribution >= 0.6 is 11.8 Å². The Kier molecular flexibility index (Phi) is 9.22. The van der Waals surface area contributed by atoms with Crippen LogP contribution in [0.4, 0.5) is 16.2 Å². The minimum absolute atomic E-state index is 0.233. The van der Waals surface area contributed by atoms with Crippen molar-refractivity contribution in [3.05, 3.63) is 88.8 Å². The lowest BCUT2D eigenvalue weighted by Crippen LogP contribution is -2.38. The molecule has 2 aliphatic heterocycles. The second-order valence-corrected chi connectivity index (χ2v) is 10.3. The van der Waals surface area contributed by atoms with Crippen LogP contribution in [0.15, 0.2) is 77.7 Å². The van der Waals surface area contributed by atoms with E-state index in [1.807, 2.05) is 55.5 Å². The minimum atomic E-state index is -0.515. The van der Waals surface area contributed by atoms with Gasteiger partial charge in [-0.1, -0.05) is 48.5 Å². The van der Waals surface area contributed by atoms with Crippen molar-refractivity contribution in [2.24, 2.45) is 0 Å². The number of carbonyl (C=O) groups is 3. The number of morpholine rings is 1. The van der Waals surface area contributed by atoms with Crippen molar-refractivity contribution in [3.63, 3.8) is 0 Å². The third-order valence-corrected chi connectivity index (χ3v) is 7.42. The molecule has 2 aliphatic rings. The van der Waals surface area contributed by atoms with E-state index in [-0.39, 0.29) is 11.4 Å². The zero-order chi connectivity index (χ0) is 28.6. The first-order valence-corrected chi connectivity index (χ1v) is 14.2. The molecule has 3 aromatic carbocycles. The lowest BCUT2D eigenvalue weighted by atomic mass is 10.1. The van der Waals surface area contributed by atoms with Crippen LogP contribution in [0.3, 0.4) is 0 Å².